The van der Waals surface area contributed by atoms with Crippen LogP contribution in [0.5, 0.6) is 0 Å². The van der Waals surface area contributed by atoms with Crippen LogP contribution in [0.25, 0.3) is 11.1 Å². The Morgan fingerprint density at radius 1 is 0.878 bits per heavy atom. The predicted octanol–water partition coefficient (Wildman–Crippen LogP) is 7.95. The number of anilines is 2. The third-order valence-corrected chi connectivity index (χ3v) is 7.94. The van der Waals surface area contributed by atoms with E-state index in [0.29, 0.717) is 36.2 Å². The molecular formula is C34H36N2O4S. The average Bonchev–Trinajstić information content (AvgIpc) is 3.45. The van der Waals surface area contributed by atoms with Gasteiger partial charge >= 0.3 is 5.97 Å². The number of para-hydroxylation sites is 1. The number of hydrogen-bond acceptors (Lipinski definition) is 5. The Balaban J connectivity index is 1.62. The number of nitrogens with one attached hydrogen (secondary N) is 1. The van der Waals surface area contributed by atoms with Crippen molar-refractivity contribution in [3.8, 4) is 11.1 Å². The number of carboxylic acids is 1. The van der Waals surface area contributed by atoms with E-state index in [2.05, 4.69) is 23.7 Å². The number of hydrogen-bond donors (Lipinski definition) is 2. The first kappa shape index (κ1) is 29.7. The molecule has 0 fully saturated rings. The maximum absolute atomic E-state index is 13.3. The van der Waals surface area contributed by atoms with E-state index in [9.17, 15) is 19.5 Å². The number of carboxylic acid groups (broad SMARTS) is 1. The Bertz CT molecular complexity index is 1500. The van der Waals surface area contributed by atoms with Crippen LogP contribution in [0.4, 0.5) is 11.4 Å². The van der Waals surface area contributed by atoms with Gasteiger partial charge in [-0.25, -0.2) is 0 Å². The van der Waals surface area contributed by atoms with Crippen LogP contribution in [0.3, 0.4) is 0 Å². The molecule has 1 amide bonds. The third-order valence-electron chi connectivity index (χ3n) is 7.02. The minimum Gasteiger partial charge on any atom is -0.481 e. The van der Waals surface area contributed by atoms with Gasteiger partial charge in [0.25, 0.3) is 0 Å². The monoisotopic (exact) mass is 568 g/mol. The smallest absolute Gasteiger partial charge is 0.303 e. The fourth-order valence-corrected chi connectivity index (χ4v) is 5.74. The van der Waals surface area contributed by atoms with E-state index in [1.807, 2.05) is 61.6 Å². The highest BCUT2D eigenvalue weighted by Gasteiger charge is 2.18. The van der Waals surface area contributed by atoms with Gasteiger partial charge < -0.3 is 15.3 Å². The molecule has 212 valence electrons. The van der Waals surface area contributed by atoms with Gasteiger partial charge in [0.1, 0.15) is 0 Å². The first-order valence-electron chi connectivity index (χ1n) is 14.0. The largest absolute Gasteiger partial charge is 0.481 e. The summed E-state index contributed by atoms with van der Waals surface area (Å²) in [6.45, 7) is 2.66. The first-order valence-corrected chi connectivity index (χ1v) is 14.9. The Hall–Kier alpha value is -4.23. The number of unbranched alkanes of at least 4 members (excludes halogenated alkanes) is 2. The summed E-state index contributed by atoms with van der Waals surface area (Å²) < 4.78 is 0. The molecule has 0 radical (unpaired) electrons. The summed E-state index contributed by atoms with van der Waals surface area (Å²) >= 11 is 1.59. The van der Waals surface area contributed by atoms with E-state index in [-0.39, 0.29) is 18.1 Å². The van der Waals surface area contributed by atoms with Crippen molar-refractivity contribution in [1.29, 1.82) is 0 Å². The van der Waals surface area contributed by atoms with E-state index in [1.165, 1.54) is 0 Å². The Kier molecular flexibility index (Phi) is 10.5. The molecule has 0 unspecified atom stereocenters. The molecule has 0 aliphatic carbocycles. The second-order valence-corrected chi connectivity index (χ2v) is 11.1. The highest BCUT2D eigenvalue weighted by atomic mass is 32.1. The van der Waals surface area contributed by atoms with Gasteiger partial charge in [-0.3, -0.25) is 14.4 Å². The van der Waals surface area contributed by atoms with Crippen molar-refractivity contribution in [1.82, 2.24) is 4.90 Å². The van der Waals surface area contributed by atoms with Gasteiger partial charge in [-0.2, -0.15) is 0 Å². The zero-order valence-corrected chi connectivity index (χ0v) is 24.4. The number of thiophene rings is 1. The Labute approximate surface area is 245 Å². The molecule has 4 aromatic rings. The zero-order valence-electron chi connectivity index (χ0n) is 23.6. The van der Waals surface area contributed by atoms with Crippen molar-refractivity contribution < 1.29 is 19.5 Å². The van der Waals surface area contributed by atoms with Gasteiger partial charge in [-0.1, -0.05) is 74.4 Å². The van der Waals surface area contributed by atoms with Crippen LogP contribution in [-0.4, -0.2) is 34.7 Å². The minimum atomic E-state index is -0.875. The highest BCUT2D eigenvalue weighted by molar-refractivity contribution is 7.10. The standard InChI is InChI=1S/C34H36N2O4S/c1-3-4-6-18-32(37)36(2)22-26-21-25(23-41-26)27-15-11-17-30(28(27)19-20-33(38)39)35-31-16-10-9-14-29(31)34(40)24-12-7-5-8-13-24/h5,7-17,21,23,35H,3-4,6,18-20,22H2,1-2H3,(H,38,39). The molecule has 4 rings (SSSR count). The van der Waals surface area contributed by atoms with E-state index in [1.54, 1.807) is 34.4 Å². The molecule has 0 saturated heterocycles. The van der Waals surface area contributed by atoms with Gasteiger partial charge in [0, 0.05) is 47.3 Å². The fourth-order valence-electron chi connectivity index (χ4n) is 4.80. The van der Waals surface area contributed by atoms with E-state index in [0.717, 1.165) is 46.5 Å². The number of aliphatic carboxylic acids is 1. The van der Waals surface area contributed by atoms with Gasteiger partial charge in [0.05, 0.1) is 6.54 Å². The number of benzene rings is 3. The summed E-state index contributed by atoms with van der Waals surface area (Å²) in [5, 5.41) is 15.0. The summed E-state index contributed by atoms with van der Waals surface area (Å²) in [7, 11) is 1.84. The minimum absolute atomic E-state index is 0.0255. The van der Waals surface area contributed by atoms with Crippen molar-refractivity contribution in [3.05, 3.63) is 106 Å². The lowest BCUT2D eigenvalue weighted by atomic mass is 9.95. The number of nitrogens with zero attached hydrogens (tertiary/aromatic N) is 1. The highest BCUT2D eigenvalue weighted by Crippen LogP contribution is 2.36. The topological polar surface area (TPSA) is 86.7 Å². The van der Waals surface area contributed by atoms with Crippen LogP contribution in [-0.2, 0) is 22.6 Å². The zero-order chi connectivity index (χ0) is 29.2. The maximum Gasteiger partial charge on any atom is 0.303 e. The van der Waals surface area contributed by atoms with Crippen molar-refractivity contribution in [3.63, 3.8) is 0 Å². The fraction of sp³-hybridized carbons (Fsp3) is 0.265. The quantitative estimate of drug-likeness (QED) is 0.119. The van der Waals surface area contributed by atoms with E-state index < -0.39 is 5.97 Å². The first-order chi connectivity index (χ1) is 19.9. The van der Waals surface area contributed by atoms with Crippen molar-refractivity contribution >= 4 is 40.4 Å². The summed E-state index contributed by atoms with van der Waals surface area (Å²) in [5.41, 5.74) is 5.33. The molecule has 0 aliphatic heterocycles. The summed E-state index contributed by atoms with van der Waals surface area (Å²) in [6.07, 6.45) is 3.90. The second-order valence-electron chi connectivity index (χ2n) is 10.1. The van der Waals surface area contributed by atoms with Crippen molar-refractivity contribution in [2.75, 3.05) is 12.4 Å². The summed E-state index contributed by atoms with van der Waals surface area (Å²) in [4.78, 5) is 40.3. The van der Waals surface area contributed by atoms with Crippen LogP contribution in [0.15, 0.2) is 84.2 Å². The van der Waals surface area contributed by atoms with Crippen LogP contribution in [0.2, 0.25) is 0 Å². The number of carbonyl (C=O) groups is 3. The SMILES string of the molecule is CCCCCC(=O)N(C)Cc1cc(-c2cccc(Nc3ccccc3C(=O)c3ccccc3)c2CCC(=O)O)cs1. The molecule has 0 saturated carbocycles. The molecule has 7 heteroatoms. The molecule has 0 bridgehead atoms. The number of amides is 1. The number of ketones is 1. The van der Waals surface area contributed by atoms with Crippen LogP contribution >= 0.6 is 11.3 Å². The third kappa shape index (κ3) is 7.92. The van der Waals surface area contributed by atoms with Crippen LogP contribution in [0.1, 0.15) is 65.4 Å². The summed E-state index contributed by atoms with van der Waals surface area (Å²) in [6, 6.07) is 24.4. The molecular weight excluding hydrogens is 532 g/mol. The maximum atomic E-state index is 13.3. The lowest BCUT2D eigenvalue weighted by Gasteiger charge is -2.18. The number of rotatable bonds is 14. The molecule has 2 N–H and O–H groups in total. The van der Waals surface area contributed by atoms with Gasteiger partial charge in [-0.05, 0) is 59.2 Å². The molecule has 0 spiro atoms. The van der Waals surface area contributed by atoms with Gasteiger partial charge in [0.15, 0.2) is 5.78 Å². The Morgan fingerprint density at radius 3 is 2.37 bits per heavy atom. The molecule has 0 atom stereocenters. The second kappa shape index (κ2) is 14.4. The van der Waals surface area contributed by atoms with Crippen molar-refractivity contribution in [2.24, 2.45) is 0 Å². The molecule has 1 heterocycles. The molecule has 6 nitrogen and oxygen atoms in total. The molecule has 1 aromatic heterocycles. The normalized spacial score (nSPS) is 10.8. The summed E-state index contributed by atoms with van der Waals surface area (Å²) in [5.74, 6) is -0.821. The average molecular weight is 569 g/mol. The van der Waals surface area contributed by atoms with Crippen LogP contribution < -0.4 is 5.32 Å². The van der Waals surface area contributed by atoms with E-state index in [4.69, 9.17) is 0 Å². The predicted molar refractivity (Wildman–Crippen MR) is 166 cm³/mol. The Morgan fingerprint density at radius 2 is 1.61 bits per heavy atom. The van der Waals surface area contributed by atoms with E-state index >= 15 is 0 Å². The molecule has 41 heavy (non-hydrogen) atoms. The number of carbonyl (C=O) groups excluding carboxylic acids is 2. The van der Waals surface area contributed by atoms with Crippen molar-refractivity contribution in [2.45, 2.75) is 52.0 Å². The van der Waals surface area contributed by atoms with Gasteiger partial charge in [-0.15, -0.1) is 11.3 Å². The lowest BCUT2D eigenvalue weighted by molar-refractivity contribution is -0.137. The van der Waals surface area contributed by atoms with Gasteiger partial charge in [0.2, 0.25) is 5.91 Å². The lowest BCUT2D eigenvalue weighted by Crippen LogP contribution is -2.25. The molecule has 0 aliphatic rings. The van der Waals surface area contributed by atoms with Crippen LogP contribution in [0, 0.1) is 0 Å². The molecule has 3 aromatic carbocycles.